The molecule has 0 amide bonds. The zero-order valence-corrected chi connectivity index (χ0v) is 5.00. The summed E-state index contributed by atoms with van der Waals surface area (Å²) in [6.45, 7) is 1.20. The van der Waals surface area contributed by atoms with Crippen LogP contribution in [0.2, 0.25) is 0 Å². The molecule has 2 fully saturated rings. The van der Waals surface area contributed by atoms with Gasteiger partial charge in [-0.15, -0.1) is 0 Å². The quantitative estimate of drug-likeness (QED) is 0.361. The van der Waals surface area contributed by atoms with E-state index in [1.807, 2.05) is 0 Å². The monoisotopic (exact) mass is 128 g/mol. The smallest absolute Gasteiger partial charge is 0.173 e. The lowest BCUT2D eigenvalue weighted by atomic mass is 10.0. The van der Waals surface area contributed by atoms with Crippen LogP contribution in [0.5, 0.6) is 0 Å². The molecule has 2 rings (SSSR count). The minimum absolute atomic E-state index is 0.170. The van der Waals surface area contributed by atoms with E-state index in [1.165, 1.54) is 0 Å². The van der Waals surface area contributed by atoms with Crippen LogP contribution in [0.15, 0.2) is 0 Å². The van der Waals surface area contributed by atoms with E-state index in [4.69, 9.17) is 9.47 Å². The van der Waals surface area contributed by atoms with Crippen molar-refractivity contribution in [1.29, 1.82) is 0 Å². The topological polar surface area (TPSA) is 38.8 Å². The third-order valence-corrected chi connectivity index (χ3v) is 1.90. The first kappa shape index (κ1) is 5.38. The van der Waals surface area contributed by atoms with Crippen molar-refractivity contribution in [2.45, 2.75) is 18.1 Å². The average molecular weight is 128 g/mol. The van der Waals surface area contributed by atoms with Gasteiger partial charge in [-0.3, -0.25) is 4.79 Å². The molecule has 0 aromatic heterocycles. The summed E-state index contributed by atoms with van der Waals surface area (Å²) in [4.78, 5) is 10.3. The maximum Gasteiger partial charge on any atom is 0.173 e. The highest BCUT2D eigenvalue weighted by molar-refractivity contribution is 5.68. The summed E-state index contributed by atoms with van der Waals surface area (Å²) in [6, 6.07) is 0. The van der Waals surface area contributed by atoms with Gasteiger partial charge in [-0.2, -0.15) is 0 Å². The van der Waals surface area contributed by atoms with Gasteiger partial charge in [0.25, 0.3) is 0 Å². The molecule has 2 atom stereocenters. The first-order chi connectivity index (χ1) is 4.37. The molecule has 2 heterocycles. The predicted octanol–water partition coefficient (Wildman–Crippen LogP) is -0.257. The summed E-state index contributed by atoms with van der Waals surface area (Å²) in [6.07, 6.45) is 1.90. The van der Waals surface area contributed by atoms with E-state index in [0.717, 1.165) is 19.3 Å². The Morgan fingerprint density at radius 1 is 1.67 bits per heavy atom. The summed E-state index contributed by atoms with van der Waals surface area (Å²) >= 11 is 0. The van der Waals surface area contributed by atoms with Crippen LogP contribution >= 0.6 is 0 Å². The van der Waals surface area contributed by atoms with Crippen molar-refractivity contribution in [2.24, 2.45) is 0 Å². The van der Waals surface area contributed by atoms with Crippen LogP contribution in [-0.4, -0.2) is 31.2 Å². The van der Waals surface area contributed by atoms with Gasteiger partial charge in [-0.05, 0) is 0 Å². The van der Waals surface area contributed by atoms with E-state index in [1.54, 1.807) is 0 Å². The zero-order chi connectivity index (χ0) is 6.32. The Balaban J connectivity index is 2.09. The summed E-state index contributed by atoms with van der Waals surface area (Å²) in [5.41, 5.74) is -0.516. The Kier molecular flexibility index (Phi) is 0.926. The fraction of sp³-hybridized carbons (Fsp3) is 0.833. The highest BCUT2D eigenvalue weighted by Gasteiger charge is 2.58. The summed E-state index contributed by atoms with van der Waals surface area (Å²) < 4.78 is 10.2. The number of hydrogen-bond donors (Lipinski definition) is 0. The lowest BCUT2D eigenvalue weighted by Crippen LogP contribution is -2.29. The molecule has 0 bridgehead atoms. The molecule has 0 aliphatic carbocycles. The number of aldehydes is 1. The molecule has 3 heteroatoms. The minimum atomic E-state index is -0.516. The Labute approximate surface area is 52.9 Å². The highest BCUT2D eigenvalue weighted by Crippen LogP contribution is 2.39. The van der Waals surface area contributed by atoms with Crippen molar-refractivity contribution in [1.82, 2.24) is 0 Å². The molecule has 2 aliphatic rings. The Bertz CT molecular complexity index is 145. The lowest BCUT2D eigenvalue weighted by molar-refractivity contribution is -0.114. The van der Waals surface area contributed by atoms with Crippen LogP contribution in [0, 0.1) is 0 Å². The number of rotatable bonds is 1. The molecule has 0 aromatic carbocycles. The molecule has 2 aliphatic heterocycles. The molecule has 0 unspecified atom stereocenters. The summed E-state index contributed by atoms with van der Waals surface area (Å²) in [7, 11) is 0. The third kappa shape index (κ3) is 0.618. The molecule has 0 radical (unpaired) electrons. The molecule has 50 valence electrons. The third-order valence-electron chi connectivity index (χ3n) is 1.90. The van der Waals surface area contributed by atoms with Gasteiger partial charge >= 0.3 is 0 Å². The van der Waals surface area contributed by atoms with Gasteiger partial charge in [0.15, 0.2) is 11.9 Å². The van der Waals surface area contributed by atoms with Gasteiger partial charge in [0.2, 0.25) is 0 Å². The fourth-order valence-electron chi connectivity index (χ4n) is 1.22. The number of carbonyl (C=O) groups is 1. The van der Waals surface area contributed by atoms with Gasteiger partial charge in [0.1, 0.15) is 0 Å². The Morgan fingerprint density at radius 3 is 3.11 bits per heavy atom. The van der Waals surface area contributed by atoms with Crippen molar-refractivity contribution < 1.29 is 14.3 Å². The van der Waals surface area contributed by atoms with Crippen LogP contribution < -0.4 is 0 Å². The van der Waals surface area contributed by atoms with E-state index in [-0.39, 0.29) is 6.10 Å². The van der Waals surface area contributed by atoms with Gasteiger partial charge in [-0.1, -0.05) is 0 Å². The number of fused-ring (bicyclic) bond motifs is 1. The SMILES string of the molecule is O=C[C@@]12COCC[C@H]1O2. The summed E-state index contributed by atoms with van der Waals surface area (Å²) in [5.74, 6) is 0. The van der Waals surface area contributed by atoms with E-state index >= 15 is 0 Å². The second kappa shape index (κ2) is 1.55. The van der Waals surface area contributed by atoms with Crippen LogP contribution in [0.25, 0.3) is 0 Å². The van der Waals surface area contributed by atoms with E-state index in [0.29, 0.717) is 6.61 Å². The first-order valence-electron chi connectivity index (χ1n) is 3.09. The van der Waals surface area contributed by atoms with Crippen LogP contribution in [-0.2, 0) is 14.3 Å². The van der Waals surface area contributed by atoms with Crippen molar-refractivity contribution in [3.05, 3.63) is 0 Å². The number of epoxide rings is 1. The van der Waals surface area contributed by atoms with Gasteiger partial charge in [0.05, 0.1) is 12.7 Å². The van der Waals surface area contributed by atoms with Gasteiger partial charge in [-0.25, -0.2) is 0 Å². The zero-order valence-electron chi connectivity index (χ0n) is 5.00. The second-order valence-electron chi connectivity index (χ2n) is 2.52. The molecular weight excluding hydrogens is 120 g/mol. The molecule has 0 aromatic rings. The van der Waals surface area contributed by atoms with Crippen LogP contribution in [0.1, 0.15) is 6.42 Å². The van der Waals surface area contributed by atoms with Crippen molar-refractivity contribution in [3.8, 4) is 0 Å². The molecule has 0 spiro atoms. The van der Waals surface area contributed by atoms with E-state index < -0.39 is 5.60 Å². The van der Waals surface area contributed by atoms with Crippen molar-refractivity contribution >= 4 is 6.29 Å². The highest BCUT2D eigenvalue weighted by atomic mass is 16.6. The standard InChI is InChI=1S/C6H8O3/c7-3-6-4-8-2-1-5(6)9-6/h3,5H,1-2,4H2/t5-,6-/m1/s1. The number of hydrogen-bond acceptors (Lipinski definition) is 3. The van der Waals surface area contributed by atoms with Crippen molar-refractivity contribution in [2.75, 3.05) is 13.2 Å². The Hall–Kier alpha value is -0.410. The molecule has 2 saturated heterocycles. The van der Waals surface area contributed by atoms with E-state index in [9.17, 15) is 4.79 Å². The van der Waals surface area contributed by atoms with Crippen LogP contribution in [0.3, 0.4) is 0 Å². The fourth-order valence-corrected chi connectivity index (χ4v) is 1.22. The molecule has 3 nitrogen and oxygen atoms in total. The largest absolute Gasteiger partial charge is 0.378 e. The predicted molar refractivity (Wildman–Crippen MR) is 29.1 cm³/mol. The maximum atomic E-state index is 10.3. The summed E-state index contributed by atoms with van der Waals surface area (Å²) in [5, 5.41) is 0. The van der Waals surface area contributed by atoms with Gasteiger partial charge in [0, 0.05) is 13.0 Å². The molecular formula is C6H8O3. The minimum Gasteiger partial charge on any atom is -0.378 e. The molecule has 9 heavy (non-hydrogen) atoms. The normalized spacial score (nSPS) is 47.8. The lowest BCUT2D eigenvalue weighted by Gasteiger charge is -2.10. The van der Waals surface area contributed by atoms with Crippen molar-refractivity contribution in [3.63, 3.8) is 0 Å². The molecule has 0 saturated carbocycles. The first-order valence-corrected chi connectivity index (χ1v) is 3.09. The Morgan fingerprint density at radius 2 is 2.56 bits per heavy atom. The number of ether oxygens (including phenoxy) is 2. The van der Waals surface area contributed by atoms with E-state index in [2.05, 4.69) is 0 Å². The molecule has 0 N–H and O–H groups in total. The second-order valence-corrected chi connectivity index (χ2v) is 2.52. The number of carbonyl (C=O) groups excluding carboxylic acids is 1. The van der Waals surface area contributed by atoms with Gasteiger partial charge < -0.3 is 9.47 Å². The maximum absolute atomic E-state index is 10.3. The van der Waals surface area contributed by atoms with Crippen LogP contribution in [0.4, 0.5) is 0 Å². The average Bonchev–Trinajstić information content (AvgIpc) is 2.62.